The van der Waals surface area contributed by atoms with Gasteiger partial charge in [0, 0.05) is 5.02 Å². The first-order chi connectivity index (χ1) is 9.19. The van der Waals surface area contributed by atoms with Crippen molar-refractivity contribution < 1.29 is 18.3 Å². The molecule has 0 bridgehead atoms. The maximum absolute atomic E-state index is 12.2. The zero-order valence-corrected chi connectivity index (χ0v) is 12.4. The molecule has 0 aliphatic carbocycles. The van der Waals surface area contributed by atoms with Gasteiger partial charge in [-0.2, -0.15) is 9.98 Å². The summed E-state index contributed by atoms with van der Waals surface area (Å²) in [6, 6.07) is 4.15. The molecule has 0 saturated heterocycles. The summed E-state index contributed by atoms with van der Waals surface area (Å²) in [5, 5.41) is 18.2. The van der Waals surface area contributed by atoms with Crippen molar-refractivity contribution in [3.05, 3.63) is 28.8 Å². The van der Waals surface area contributed by atoms with E-state index in [1.165, 1.54) is 18.2 Å². The Morgan fingerprint density at radius 1 is 1.45 bits per heavy atom. The van der Waals surface area contributed by atoms with Crippen molar-refractivity contribution in [2.45, 2.75) is 24.8 Å². The third kappa shape index (κ3) is 3.70. The van der Waals surface area contributed by atoms with Gasteiger partial charge in [0.05, 0.1) is 10.5 Å². The Balaban J connectivity index is 3.25. The molecule has 6 nitrogen and oxygen atoms in total. The summed E-state index contributed by atoms with van der Waals surface area (Å²) < 4.78 is 26.4. The van der Waals surface area contributed by atoms with Gasteiger partial charge in [-0.05, 0) is 24.1 Å². The van der Waals surface area contributed by atoms with Crippen LogP contribution in [-0.2, 0) is 14.8 Å². The van der Waals surface area contributed by atoms with Crippen molar-refractivity contribution in [2.75, 3.05) is 0 Å². The van der Waals surface area contributed by atoms with E-state index in [1.54, 1.807) is 19.9 Å². The second-order valence-electron chi connectivity index (χ2n) is 4.43. The molecule has 0 unspecified atom stereocenters. The Bertz CT molecular complexity index is 665. The molecule has 8 heteroatoms. The number of hydrogen-bond donors (Lipinski definition) is 2. The van der Waals surface area contributed by atoms with E-state index >= 15 is 0 Å². The molecular weight excluding hydrogens is 304 g/mol. The van der Waals surface area contributed by atoms with E-state index in [0.29, 0.717) is 0 Å². The van der Waals surface area contributed by atoms with Crippen molar-refractivity contribution >= 4 is 27.6 Å². The molecule has 0 radical (unpaired) electrons. The molecule has 0 amide bonds. The Hall–Kier alpha value is -1.62. The highest BCUT2D eigenvalue weighted by Crippen LogP contribution is 2.20. The van der Waals surface area contributed by atoms with Gasteiger partial charge < -0.3 is 5.11 Å². The second kappa shape index (κ2) is 6.22. The number of sulfonamides is 1. The second-order valence-corrected chi connectivity index (χ2v) is 6.55. The molecule has 108 valence electrons. The first-order valence-corrected chi connectivity index (χ1v) is 7.50. The van der Waals surface area contributed by atoms with Crippen LogP contribution in [0.15, 0.2) is 23.1 Å². The molecule has 0 saturated carbocycles. The predicted molar refractivity (Wildman–Crippen MR) is 72.8 cm³/mol. The summed E-state index contributed by atoms with van der Waals surface area (Å²) in [7, 11) is -4.12. The number of aliphatic carboxylic acids is 1. The molecule has 0 aromatic heterocycles. The normalized spacial score (nSPS) is 12.9. The first-order valence-electron chi connectivity index (χ1n) is 5.64. The van der Waals surface area contributed by atoms with Crippen molar-refractivity contribution in [1.82, 2.24) is 4.72 Å². The lowest BCUT2D eigenvalue weighted by Gasteiger charge is -2.18. The third-order valence-electron chi connectivity index (χ3n) is 2.57. The average molecular weight is 317 g/mol. The molecule has 1 rings (SSSR count). The van der Waals surface area contributed by atoms with E-state index < -0.39 is 28.0 Å². The SMILES string of the molecule is CC(C)[C@@H](NS(=O)(=O)c1ccc(Cl)cc1C#N)C(=O)O. The van der Waals surface area contributed by atoms with Gasteiger partial charge in [0.15, 0.2) is 0 Å². The Morgan fingerprint density at radius 2 is 2.05 bits per heavy atom. The molecule has 20 heavy (non-hydrogen) atoms. The van der Waals surface area contributed by atoms with Crippen LogP contribution in [0.2, 0.25) is 5.02 Å². The topological polar surface area (TPSA) is 107 Å². The Kier molecular flexibility index (Phi) is 5.11. The van der Waals surface area contributed by atoms with Gasteiger partial charge in [-0.1, -0.05) is 25.4 Å². The summed E-state index contributed by atoms with van der Waals surface area (Å²) in [6.07, 6.45) is 0. The van der Waals surface area contributed by atoms with E-state index in [4.69, 9.17) is 22.0 Å². The fourth-order valence-corrected chi connectivity index (χ4v) is 3.17. The van der Waals surface area contributed by atoms with Crippen LogP contribution in [0.25, 0.3) is 0 Å². The zero-order chi connectivity index (χ0) is 15.5. The zero-order valence-electron chi connectivity index (χ0n) is 10.8. The van der Waals surface area contributed by atoms with Crippen LogP contribution < -0.4 is 4.72 Å². The van der Waals surface area contributed by atoms with E-state index in [0.717, 1.165) is 0 Å². The Morgan fingerprint density at radius 3 is 2.50 bits per heavy atom. The minimum absolute atomic E-state index is 0.141. The summed E-state index contributed by atoms with van der Waals surface area (Å²) in [4.78, 5) is 10.8. The average Bonchev–Trinajstić information content (AvgIpc) is 2.34. The summed E-state index contributed by atoms with van der Waals surface area (Å²) in [6.45, 7) is 3.16. The van der Waals surface area contributed by atoms with E-state index in [2.05, 4.69) is 4.72 Å². The van der Waals surface area contributed by atoms with Gasteiger partial charge in [0.25, 0.3) is 0 Å². The number of rotatable bonds is 5. The number of nitrogens with zero attached hydrogens (tertiary/aromatic N) is 1. The summed E-state index contributed by atoms with van der Waals surface area (Å²) >= 11 is 5.69. The number of nitriles is 1. The standard InChI is InChI=1S/C12H13ClN2O4S/c1-7(2)11(12(16)17)15-20(18,19)10-4-3-9(13)5-8(10)6-14/h3-5,7,11,15H,1-2H3,(H,16,17)/t11-/m1/s1. The minimum atomic E-state index is -4.12. The number of halogens is 1. The first kappa shape index (κ1) is 16.4. The van der Waals surface area contributed by atoms with E-state index in [1.807, 2.05) is 0 Å². The quantitative estimate of drug-likeness (QED) is 0.858. The van der Waals surface area contributed by atoms with Gasteiger partial charge >= 0.3 is 5.97 Å². The molecule has 1 aromatic rings. The number of carboxylic acids is 1. The number of carbonyl (C=O) groups is 1. The van der Waals surface area contributed by atoms with Crippen LogP contribution in [0.4, 0.5) is 0 Å². The highest BCUT2D eigenvalue weighted by Gasteiger charge is 2.29. The number of hydrogen-bond acceptors (Lipinski definition) is 4. The van der Waals surface area contributed by atoms with Crippen molar-refractivity contribution in [1.29, 1.82) is 5.26 Å². The molecular formula is C12H13ClN2O4S. The molecule has 1 aromatic carbocycles. The molecule has 0 fully saturated rings. The maximum atomic E-state index is 12.2. The maximum Gasteiger partial charge on any atom is 0.322 e. The van der Waals surface area contributed by atoms with Crippen LogP contribution in [-0.4, -0.2) is 25.5 Å². The summed E-state index contributed by atoms with van der Waals surface area (Å²) in [5.74, 6) is -1.73. The van der Waals surface area contributed by atoms with Crippen LogP contribution in [0, 0.1) is 17.2 Å². The fourth-order valence-electron chi connectivity index (χ4n) is 1.53. The van der Waals surface area contributed by atoms with Gasteiger partial charge in [-0.15, -0.1) is 0 Å². The molecule has 2 N–H and O–H groups in total. The third-order valence-corrected chi connectivity index (χ3v) is 4.30. The van der Waals surface area contributed by atoms with Gasteiger partial charge in [0.1, 0.15) is 12.1 Å². The molecule has 0 aliphatic heterocycles. The molecule has 0 heterocycles. The smallest absolute Gasteiger partial charge is 0.322 e. The highest BCUT2D eigenvalue weighted by molar-refractivity contribution is 7.89. The van der Waals surface area contributed by atoms with Crippen molar-refractivity contribution in [3.63, 3.8) is 0 Å². The molecule has 1 atom stereocenters. The van der Waals surface area contributed by atoms with Crippen molar-refractivity contribution in [3.8, 4) is 6.07 Å². The number of carboxylic acid groups (broad SMARTS) is 1. The van der Waals surface area contributed by atoms with Gasteiger partial charge in [-0.3, -0.25) is 4.79 Å². The van der Waals surface area contributed by atoms with Crippen LogP contribution in [0.5, 0.6) is 0 Å². The monoisotopic (exact) mass is 316 g/mol. The Labute approximate surface area is 122 Å². The predicted octanol–water partition coefficient (Wildman–Crippen LogP) is 1.60. The fraction of sp³-hybridized carbons (Fsp3) is 0.333. The van der Waals surface area contributed by atoms with E-state index in [-0.39, 0.29) is 15.5 Å². The lowest BCUT2D eigenvalue weighted by Crippen LogP contribution is -2.44. The minimum Gasteiger partial charge on any atom is -0.480 e. The van der Waals surface area contributed by atoms with E-state index in [9.17, 15) is 13.2 Å². The number of benzene rings is 1. The lowest BCUT2D eigenvalue weighted by atomic mass is 10.1. The number of nitrogens with one attached hydrogen (secondary N) is 1. The largest absolute Gasteiger partial charge is 0.480 e. The summed E-state index contributed by atoms with van der Waals surface area (Å²) in [5.41, 5.74) is -0.141. The van der Waals surface area contributed by atoms with Crippen LogP contribution in [0.3, 0.4) is 0 Å². The van der Waals surface area contributed by atoms with Crippen molar-refractivity contribution in [2.24, 2.45) is 5.92 Å². The lowest BCUT2D eigenvalue weighted by molar-refractivity contribution is -0.140. The molecule has 0 spiro atoms. The van der Waals surface area contributed by atoms with Gasteiger partial charge in [0.2, 0.25) is 10.0 Å². The van der Waals surface area contributed by atoms with Gasteiger partial charge in [-0.25, -0.2) is 8.42 Å². The van der Waals surface area contributed by atoms with Crippen LogP contribution in [0.1, 0.15) is 19.4 Å². The van der Waals surface area contributed by atoms with Crippen LogP contribution >= 0.6 is 11.6 Å². The molecule has 0 aliphatic rings. The highest BCUT2D eigenvalue weighted by atomic mass is 35.5.